The number of para-hydroxylation sites is 2. The van der Waals surface area contributed by atoms with Gasteiger partial charge in [-0.05, 0) is 43.4 Å². The van der Waals surface area contributed by atoms with Crippen LogP contribution in [-0.4, -0.2) is 24.6 Å². The average molecular weight is 480 g/mol. The first-order valence-electron chi connectivity index (χ1n) is 7.16. The zero-order valence-corrected chi connectivity index (χ0v) is 14.8. The van der Waals surface area contributed by atoms with Crippen molar-refractivity contribution in [3.05, 3.63) is 67.0 Å². The van der Waals surface area contributed by atoms with Gasteiger partial charge in [-0.2, -0.15) is 0 Å². The van der Waals surface area contributed by atoms with Gasteiger partial charge in [0.05, 0.1) is 11.4 Å². The van der Waals surface area contributed by atoms with E-state index in [1.54, 1.807) is 6.20 Å². The van der Waals surface area contributed by atoms with E-state index < -0.39 is 0 Å². The maximum atomic E-state index is 4.52. The van der Waals surface area contributed by atoms with Crippen molar-refractivity contribution in [2.75, 3.05) is 16.7 Å². The summed E-state index contributed by atoms with van der Waals surface area (Å²) in [4.78, 5) is 13.1. The molecule has 0 amide bonds. The van der Waals surface area contributed by atoms with E-state index in [0.29, 0.717) is 0 Å². The molecule has 0 bridgehead atoms. The van der Waals surface area contributed by atoms with Crippen molar-refractivity contribution >= 4 is 24.7 Å². The Labute approximate surface area is 150 Å². The third kappa shape index (κ3) is 2.89. The predicted molar refractivity (Wildman–Crippen MR) is 90.2 cm³/mol. The Balaban J connectivity index is 0.00000156. The molecule has 0 spiro atoms. The van der Waals surface area contributed by atoms with Crippen molar-refractivity contribution < 1.29 is 21.1 Å². The van der Waals surface area contributed by atoms with Crippen molar-refractivity contribution in [2.45, 2.75) is 0 Å². The summed E-state index contributed by atoms with van der Waals surface area (Å²) < 4.78 is 0. The fourth-order valence-corrected chi connectivity index (χ4v) is 2.69. The largest absolute Gasteiger partial charge is 0.400 e. The fraction of sp³-hybridized carbons (Fsp3) is 0.0588. The van der Waals surface area contributed by atoms with Gasteiger partial charge in [-0.3, -0.25) is 4.98 Å². The molecule has 0 saturated heterocycles. The number of pyridine rings is 2. The molecule has 0 fully saturated rings. The maximum Gasteiger partial charge on any atom is 0.397 e. The fourth-order valence-electron chi connectivity index (χ4n) is 2.69. The number of nitrogens with zero attached hydrogens (tertiary/aromatic N) is 4. The number of fused-ring (bicyclic) bond motifs is 1. The number of hydrogen-bond donors (Lipinski definition) is 0. The summed E-state index contributed by atoms with van der Waals surface area (Å²) in [5.41, 5.74) is 4.32. The van der Waals surface area contributed by atoms with Gasteiger partial charge in [0, 0.05) is 44.7 Å². The molecule has 2 aromatic heterocycles. The van der Waals surface area contributed by atoms with Crippen LogP contribution in [0.3, 0.4) is 0 Å². The first kappa shape index (κ1) is 15.8. The number of anilines is 3. The van der Waals surface area contributed by atoms with Crippen LogP contribution in [0.25, 0.3) is 11.3 Å². The molecule has 1 aliphatic heterocycles. The van der Waals surface area contributed by atoms with Crippen LogP contribution in [0.2, 0.25) is 0 Å². The van der Waals surface area contributed by atoms with Crippen LogP contribution in [-0.2, 0) is 21.1 Å². The molecule has 0 atom stereocenters. The van der Waals surface area contributed by atoms with Gasteiger partial charge in [0.1, 0.15) is 5.82 Å². The number of rotatable bonds is 2. The van der Waals surface area contributed by atoms with E-state index in [9.17, 15) is 0 Å². The van der Waals surface area contributed by atoms with Crippen molar-refractivity contribution in [1.82, 2.24) is 9.97 Å². The molecule has 0 saturated carbocycles. The molecule has 115 valence electrons. The average Bonchev–Trinajstić information content (AvgIpc) is 2.93. The SMILES string of the molecule is CN1[B]N(c2cc(-c3ccccn3)ccn2)c2ccccc21.[Pt]. The zero-order valence-electron chi connectivity index (χ0n) is 12.5. The van der Waals surface area contributed by atoms with E-state index in [1.165, 1.54) is 5.69 Å². The smallest absolute Gasteiger partial charge is 0.397 e. The van der Waals surface area contributed by atoms with Gasteiger partial charge in [-0.15, -0.1) is 0 Å². The molecule has 23 heavy (non-hydrogen) atoms. The Morgan fingerprint density at radius 3 is 2.43 bits per heavy atom. The van der Waals surface area contributed by atoms with Crippen LogP contribution in [0.4, 0.5) is 17.2 Å². The Morgan fingerprint density at radius 2 is 1.65 bits per heavy atom. The summed E-state index contributed by atoms with van der Waals surface area (Å²) >= 11 is 0. The number of hydrogen-bond acceptors (Lipinski definition) is 4. The minimum Gasteiger partial charge on any atom is -0.400 e. The van der Waals surface area contributed by atoms with Crippen LogP contribution in [0, 0.1) is 0 Å². The van der Waals surface area contributed by atoms with Gasteiger partial charge >= 0.3 is 7.55 Å². The van der Waals surface area contributed by atoms with Gasteiger partial charge in [0.25, 0.3) is 0 Å². The third-order valence-electron chi connectivity index (χ3n) is 3.76. The van der Waals surface area contributed by atoms with Crippen LogP contribution >= 0.6 is 0 Å². The van der Waals surface area contributed by atoms with Gasteiger partial charge < -0.3 is 9.62 Å². The maximum absolute atomic E-state index is 4.52. The van der Waals surface area contributed by atoms with Gasteiger partial charge in [-0.25, -0.2) is 4.98 Å². The zero-order chi connectivity index (χ0) is 14.9. The third-order valence-corrected chi connectivity index (χ3v) is 3.76. The van der Waals surface area contributed by atoms with Crippen LogP contribution < -0.4 is 9.62 Å². The van der Waals surface area contributed by atoms with E-state index in [0.717, 1.165) is 22.8 Å². The second kappa shape index (κ2) is 6.55. The molecule has 3 aromatic rings. The predicted octanol–water partition coefficient (Wildman–Crippen LogP) is 3.26. The van der Waals surface area contributed by atoms with Crippen LogP contribution in [0.5, 0.6) is 0 Å². The molecule has 1 aromatic carbocycles. The second-order valence-electron chi connectivity index (χ2n) is 5.20. The Hall–Kier alpha value is -2.13. The summed E-state index contributed by atoms with van der Waals surface area (Å²) in [6, 6.07) is 18.3. The van der Waals surface area contributed by atoms with Crippen molar-refractivity contribution in [2.24, 2.45) is 0 Å². The topological polar surface area (TPSA) is 32.3 Å². The molecule has 3 heterocycles. The minimum atomic E-state index is 0. The summed E-state index contributed by atoms with van der Waals surface area (Å²) in [5, 5.41) is 0. The summed E-state index contributed by atoms with van der Waals surface area (Å²) in [6.07, 6.45) is 3.63. The molecule has 0 unspecified atom stereocenters. The van der Waals surface area contributed by atoms with Crippen LogP contribution in [0.15, 0.2) is 67.0 Å². The molecular formula is C17H14BN4Pt. The monoisotopic (exact) mass is 480 g/mol. The molecule has 1 radical (unpaired) electrons. The van der Waals surface area contributed by atoms with Gasteiger partial charge in [0.15, 0.2) is 0 Å². The van der Waals surface area contributed by atoms with Crippen molar-refractivity contribution in [3.8, 4) is 11.3 Å². The normalized spacial score (nSPS) is 12.4. The van der Waals surface area contributed by atoms with Crippen molar-refractivity contribution in [3.63, 3.8) is 0 Å². The Bertz CT molecular complexity index is 812. The summed E-state index contributed by atoms with van der Waals surface area (Å²) in [7, 11) is 4.09. The number of aromatic nitrogens is 2. The summed E-state index contributed by atoms with van der Waals surface area (Å²) in [6.45, 7) is 0. The molecular weight excluding hydrogens is 466 g/mol. The second-order valence-corrected chi connectivity index (χ2v) is 5.20. The van der Waals surface area contributed by atoms with Crippen LogP contribution in [0.1, 0.15) is 0 Å². The molecule has 0 aliphatic carbocycles. The Morgan fingerprint density at radius 1 is 0.870 bits per heavy atom. The first-order valence-corrected chi connectivity index (χ1v) is 7.16. The van der Waals surface area contributed by atoms with E-state index in [2.05, 4.69) is 45.3 Å². The van der Waals surface area contributed by atoms with E-state index in [1.807, 2.05) is 49.6 Å². The number of benzene rings is 1. The summed E-state index contributed by atoms with van der Waals surface area (Å²) in [5.74, 6) is 0.889. The molecule has 1 aliphatic rings. The van der Waals surface area contributed by atoms with E-state index >= 15 is 0 Å². The minimum absolute atomic E-state index is 0. The molecule has 6 heteroatoms. The molecule has 4 nitrogen and oxygen atoms in total. The van der Waals surface area contributed by atoms with Gasteiger partial charge in [0.2, 0.25) is 0 Å². The molecule has 0 N–H and O–H groups in total. The molecule has 4 rings (SSSR count). The standard InChI is InChI=1S/C17H14BN4.Pt/c1-21-15-7-2-3-8-16(15)22(18-21)17-12-13(9-11-20-17)14-6-4-5-10-19-14;/h2-12H,1H3;. The van der Waals surface area contributed by atoms with Gasteiger partial charge in [-0.1, -0.05) is 18.2 Å². The first-order chi connectivity index (χ1) is 10.8. The van der Waals surface area contributed by atoms with E-state index in [-0.39, 0.29) is 21.1 Å². The Kier molecular flexibility index (Phi) is 4.49. The van der Waals surface area contributed by atoms with E-state index in [4.69, 9.17) is 0 Å². The van der Waals surface area contributed by atoms with Crippen molar-refractivity contribution in [1.29, 1.82) is 0 Å². The quantitative estimate of drug-likeness (QED) is 0.528.